The summed E-state index contributed by atoms with van der Waals surface area (Å²) in [6.07, 6.45) is 0. The second-order valence-electron chi connectivity index (χ2n) is 4.97. The molecule has 6 nitrogen and oxygen atoms in total. The Morgan fingerprint density at radius 1 is 1.32 bits per heavy atom. The average molecular weight is 308 g/mol. The van der Waals surface area contributed by atoms with Gasteiger partial charge in [-0.05, 0) is 17.0 Å². The van der Waals surface area contributed by atoms with Gasteiger partial charge >= 0.3 is 5.69 Å². The molecule has 0 bridgehead atoms. The number of ether oxygens (including phenoxy) is 1. The molecule has 1 aromatic carbocycles. The molecule has 19 heavy (non-hydrogen) atoms. The first-order chi connectivity index (χ1) is 8.48. The summed E-state index contributed by atoms with van der Waals surface area (Å²) in [5.74, 6) is -0.354. The lowest BCUT2D eigenvalue weighted by Crippen LogP contribution is -2.13. The highest BCUT2D eigenvalue weighted by molar-refractivity contribution is 8.13. The van der Waals surface area contributed by atoms with Crippen molar-refractivity contribution in [2.75, 3.05) is 7.11 Å². The van der Waals surface area contributed by atoms with Crippen molar-refractivity contribution in [3.63, 3.8) is 0 Å². The van der Waals surface area contributed by atoms with Gasteiger partial charge in [0, 0.05) is 16.7 Å². The summed E-state index contributed by atoms with van der Waals surface area (Å²) < 4.78 is 27.9. The summed E-state index contributed by atoms with van der Waals surface area (Å²) in [6.45, 7) is 5.43. The highest BCUT2D eigenvalue weighted by atomic mass is 35.7. The molecule has 8 heteroatoms. The van der Waals surface area contributed by atoms with Gasteiger partial charge in [-0.1, -0.05) is 20.8 Å². The zero-order valence-electron chi connectivity index (χ0n) is 10.9. The van der Waals surface area contributed by atoms with E-state index in [1.165, 1.54) is 12.1 Å². The number of hydrogen-bond donors (Lipinski definition) is 0. The maximum atomic E-state index is 11.5. The van der Waals surface area contributed by atoms with Crippen LogP contribution in [-0.2, 0) is 14.5 Å². The van der Waals surface area contributed by atoms with Gasteiger partial charge in [-0.3, -0.25) is 10.1 Å². The number of nitro benzene ring substituents is 1. The Morgan fingerprint density at radius 2 is 1.84 bits per heavy atom. The molecule has 0 heterocycles. The number of nitrogens with zero attached hydrogens (tertiary/aromatic N) is 1. The highest BCUT2D eigenvalue weighted by Gasteiger charge is 2.30. The molecule has 0 aliphatic heterocycles. The predicted molar refractivity (Wildman–Crippen MR) is 71.4 cm³/mol. The van der Waals surface area contributed by atoms with Gasteiger partial charge < -0.3 is 4.74 Å². The Bertz CT molecular complexity index is 619. The van der Waals surface area contributed by atoms with Crippen molar-refractivity contribution in [1.82, 2.24) is 0 Å². The third-order valence-corrected chi connectivity index (χ3v) is 3.89. The SMILES string of the molecule is COc1c([N+](=O)[O-])cc(C(C)(C)C)cc1S(=O)(=O)Cl. The van der Waals surface area contributed by atoms with E-state index in [0.29, 0.717) is 5.56 Å². The molecule has 0 fully saturated rings. The Kier molecular flexibility index (Phi) is 4.11. The average Bonchev–Trinajstić information content (AvgIpc) is 2.24. The first-order valence-corrected chi connectivity index (χ1v) is 7.61. The minimum Gasteiger partial charge on any atom is -0.489 e. The van der Waals surface area contributed by atoms with Gasteiger partial charge in [-0.15, -0.1) is 0 Å². The molecule has 0 aliphatic rings. The van der Waals surface area contributed by atoms with Crippen molar-refractivity contribution in [2.24, 2.45) is 0 Å². The normalized spacial score (nSPS) is 12.3. The van der Waals surface area contributed by atoms with E-state index in [9.17, 15) is 18.5 Å². The third kappa shape index (κ3) is 3.36. The van der Waals surface area contributed by atoms with Crippen LogP contribution in [0.15, 0.2) is 17.0 Å². The van der Waals surface area contributed by atoms with Crippen molar-refractivity contribution >= 4 is 25.4 Å². The van der Waals surface area contributed by atoms with Crippen molar-refractivity contribution < 1.29 is 18.1 Å². The summed E-state index contributed by atoms with van der Waals surface area (Å²) in [7, 11) is 2.33. The molecule has 0 aromatic heterocycles. The van der Waals surface area contributed by atoms with Crippen LogP contribution in [0.4, 0.5) is 5.69 Å². The van der Waals surface area contributed by atoms with Gasteiger partial charge in [0.1, 0.15) is 4.90 Å². The van der Waals surface area contributed by atoms with Crippen molar-refractivity contribution in [3.05, 3.63) is 27.8 Å². The van der Waals surface area contributed by atoms with Crippen LogP contribution in [0.5, 0.6) is 5.75 Å². The summed E-state index contributed by atoms with van der Waals surface area (Å²) >= 11 is 0. The molecule has 0 unspecified atom stereocenters. The lowest BCUT2D eigenvalue weighted by molar-refractivity contribution is -0.386. The minimum absolute atomic E-state index is 0.354. The molecule has 0 N–H and O–H groups in total. The molecule has 106 valence electrons. The monoisotopic (exact) mass is 307 g/mol. The summed E-state index contributed by atoms with van der Waals surface area (Å²) in [6, 6.07) is 2.60. The zero-order chi connectivity index (χ0) is 15.0. The molecular weight excluding hydrogens is 294 g/mol. The summed E-state index contributed by atoms with van der Waals surface area (Å²) in [5, 5.41) is 11.0. The van der Waals surface area contributed by atoms with Gasteiger partial charge in [-0.2, -0.15) is 0 Å². The van der Waals surface area contributed by atoms with E-state index in [2.05, 4.69) is 0 Å². The van der Waals surface area contributed by atoms with E-state index in [-0.39, 0.29) is 5.75 Å². The molecule has 1 aromatic rings. The Balaban J connectivity index is 3.80. The van der Waals surface area contributed by atoms with Crippen LogP contribution < -0.4 is 4.74 Å². The van der Waals surface area contributed by atoms with Crippen LogP contribution in [0.3, 0.4) is 0 Å². The van der Waals surface area contributed by atoms with Gasteiger partial charge in [0.05, 0.1) is 12.0 Å². The van der Waals surface area contributed by atoms with Crippen LogP contribution in [0.2, 0.25) is 0 Å². The second-order valence-corrected chi connectivity index (χ2v) is 7.51. The number of rotatable bonds is 3. The zero-order valence-corrected chi connectivity index (χ0v) is 12.5. The maximum absolute atomic E-state index is 11.5. The summed E-state index contributed by atoms with van der Waals surface area (Å²) in [4.78, 5) is 9.94. The van der Waals surface area contributed by atoms with E-state index < -0.39 is 30.0 Å². The fourth-order valence-corrected chi connectivity index (χ4v) is 2.56. The fraction of sp³-hybridized carbons (Fsp3) is 0.455. The van der Waals surface area contributed by atoms with Gasteiger partial charge in [0.15, 0.2) is 0 Å². The van der Waals surface area contributed by atoms with Crippen LogP contribution in [0.25, 0.3) is 0 Å². The Hall–Kier alpha value is -1.34. The molecule has 0 amide bonds. The van der Waals surface area contributed by atoms with Crippen LogP contribution in [0, 0.1) is 10.1 Å². The minimum atomic E-state index is -4.14. The Morgan fingerprint density at radius 3 is 2.16 bits per heavy atom. The van der Waals surface area contributed by atoms with Crippen LogP contribution in [-0.4, -0.2) is 20.5 Å². The smallest absolute Gasteiger partial charge is 0.312 e. The Labute approximate surface area is 115 Å². The first-order valence-electron chi connectivity index (χ1n) is 5.30. The first kappa shape index (κ1) is 15.7. The largest absolute Gasteiger partial charge is 0.489 e. The highest BCUT2D eigenvalue weighted by Crippen LogP contribution is 2.39. The van der Waals surface area contributed by atoms with Gasteiger partial charge in [0.25, 0.3) is 9.05 Å². The molecule has 0 spiro atoms. The number of halogens is 1. The molecule has 0 aliphatic carbocycles. The van der Waals surface area contributed by atoms with E-state index in [1.54, 1.807) is 0 Å². The second kappa shape index (κ2) is 4.97. The molecule has 0 saturated heterocycles. The summed E-state index contributed by atoms with van der Waals surface area (Å²) in [5.41, 5.74) is -0.402. The van der Waals surface area contributed by atoms with E-state index >= 15 is 0 Å². The van der Waals surface area contributed by atoms with Crippen molar-refractivity contribution in [3.8, 4) is 5.75 Å². The van der Waals surface area contributed by atoms with E-state index in [0.717, 1.165) is 7.11 Å². The van der Waals surface area contributed by atoms with Gasteiger partial charge in [-0.25, -0.2) is 8.42 Å². The van der Waals surface area contributed by atoms with Crippen LogP contribution >= 0.6 is 10.7 Å². The number of nitro groups is 1. The number of methoxy groups -OCH3 is 1. The number of hydrogen-bond acceptors (Lipinski definition) is 5. The van der Waals surface area contributed by atoms with Crippen molar-refractivity contribution in [1.29, 1.82) is 0 Å². The predicted octanol–water partition coefficient (Wildman–Crippen LogP) is 2.83. The maximum Gasteiger partial charge on any atom is 0.312 e. The third-order valence-electron chi connectivity index (χ3n) is 2.56. The van der Waals surface area contributed by atoms with Gasteiger partial charge in [0.2, 0.25) is 5.75 Å². The molecular formula is C11H14ClNO5S. The molecule has 0 saturated carbocycles. The quantitative estimate of drug-likeness (QED) is 0.487. The van der Waals surface area contributed by atoms with E-state index in [4.69, 9.17) is 15.4 Å². The molecule has 1 rings (SSSR count). The topological polar surface area (TPSA) is 86.5 Å². The lowest BCUT2D eigenvalue weighted by Gasteiger charge is -2.20. The fourth-order valence-electron chi connectivity index (χ4n) is 1.54. The number of benzene rings is 1. The lowest BCUT2D eigenvalue weighted by atomic mass is 9.87. The van der Waals surface area contributed by atoms with E-state index in [1.807, 2.05) is 20.8 Å². The molecule has 0 radical (unpaired) electrons. The molecule has 0 atom stereocenters. The van der Waals surface area contributed by atoms with Crippen molar-refractivity contribution in [2.45, 2.75) is 31.1 Å². The van der Waals surface area contributed by atoms with Crippen LogP contribution in [0.1, 0.15) is 26.3 Å². The standard InChI is InChI=1S/C11H14ClNO5S/c1-11(2,3)7-5-8(13(14)15)10(18-4)9(6-7)19(12,16)17/h5-6H,1-4H3.